The fourth-order valence-corrected chi connectivity index (χ4v) is 4.06. The van der Waals surface area contributed by atoms with Crippen molar-refractivity contribution < 1.29 is 27.4 Å². The third kappa shape index (κ3) is 3.84. The number of sulfonamides is 1. The maximum atomic E-state index is 12.9. The number of hydrogen-bond acceptors (Lipinski definition) is 6. The van der Waals surface area contributed by atoms with E-state index in [4.69, 9.17) is 14.2 Å². The molecule has 3 rings (SSSR count). The summed E-state index contributed by atoms with van der Waals surface area (Å²) in [6.45, 7) is 3.63. The normalized spacial score (nSPS) is 16.0. The Balaban J connectivity index is 2.00. The topological polar surface area (TPSA) is 94.2 Å². The van der Waals surface area contributed by atoms with Crippen molar-refractivity contribution in [2.45, 2.75) is 24.8 Å². The zero-order chi connectivity index (χ0) is 20.5. The molecule has 1 unspecified atom stereocenters. The number of anilines is 2. The molecule has 0 fully saturated rings. The maximum Gasteiger partial charge on any atom is 0.262 e. The minimum Gasteiger partial charge on any atom is -0.497 e. The minimum atomic E-state index is -3.95. The van der Waals surface area contributed by atoms with Gasteiger partial charge in [0.1, 0.15) is 23.4 Å². The monoisotopic (exact) mass is 406 g/mol. The molecule has 0 aromatic heterocycles. The van der Waals surface area contributed by atoms with E-state index < -0.39 is 10.0 Å². The summed E-state index contributed by atoms with van der Waals surface area (Å²) >= 11 is 0. The fraction of sp³-hybridized carbons (Fsp3) is 0.316. The molecular weight excluding hydrogens is 384 g/mol. The van der Waals surface area contributed by atoms with Crippen LogP contribution in [0.3, 0.4) is 0 Å². The van der Waals surface area contributed by atoms with Gasteiger partial charge in [-0.25, -0.2) is 8.42 Å². The van der Waals surface area contributed by atoms with Gasteiger partial charge in [0.25, 0.3) is 10.0 Å². The Labute approximate surface area is 164 Å². The van der Waals surface area contributed by atoms with Crippen LogP contribution in [0.1, 0.15) is 13.8 Å². The molecule has 0 radical (unpaired) electrons. The van der Waals surface area contributed by atoms with E-state index in [1.807, 2.05) is 6.92 Å². The second-order valence-corrected chi connectivity index (χ2v) is 8.04. The number of carbonyl (C=O) groups is 1. The van der Waals surface area contributed by atoms with E-state index in [0.717, 1.165) is 0 Å². The van der Waals surface area contributed by atoms with Gasteiger partial charge in [0.05, 0.1) is 37.0 Å². The molecule has 1 amide bonds. The Morgan fingerprint density at radius 2 is 1.93 bits per heavy atom. The molecule has 2 aromatic carbocycles. The van der Waals surface area contributed by atoms with E-state index in [-0.39, 0.29) is 22.6 Å². The van der Waals surface area contributed by atoms with Gasteiger partial charge in [-0.3, -0.25) is 9.52 Å². The van der Waals surface area contributed by atoms with E-state index in [1.165, 1.54) is 44.2 Å². The Hall–Kier alpha value is -2.94. The Kier molecular flexibility index (Phi) is 5.37. The van der Waals surface area contributed by atoms with Crippen LogP contribution in [0.25, 0.3) is 0 Å². The number of nitrogens with one attached hydrogen (secondary N) is 1. The zero-order valence-electron chi connectivity index (χ0n) is 16.1. The number of ether oxygens (including phenoxy) is 3. The summed E-state index contributed by atoms with van der Waals surface area (Å²) in [5.74, 6) is 1.11. The van der Waals surface area contributed by atoms with E-state index in [0.29, 0.717) is 29.5 Å². The highest BCUT2D eigenvalue weighted by atomic mass is 32.2. The minimum absolute atomic E-state index is 0.000487. The van der Waals surface area contributed by atoms with Gasteiger partial charge in [0, 0.05) is 13.0 Å². The van der Waals surface area contributed by atoms with Crippen LogP contribution in [0.5, 0.6) is 17.2 Å². The van der Waals surface area contributed by atoms with Gasteiger partial charge < -0.3 is 19.1 Å². The van der Waals surface area contributed by atoms with E-state index in [9.17, 15) is 13.2 Å². The Bertz CT molecular complexity index is 1010. The number of fused-ring (bicyclic) bond motifs is 1. The van der Waals surface area contributed by atoms with Crippen molar-refractivity contribution in [3.05, 3.63) is 36.4 Å². The van der Waals surface area contributed by atoms with Crippen molar-refractivity contribution in [3.63, 3.8) is 0 Å². The van der Waals surface area contributed by atoms with Crippen LogP contribution < -0.4 is 23.8 Å². The van der Waals surface area contributed by atoms with Gasteiger partial charge in [0.15, 0.2) is 0 Å². The predicted octanol–water partition coefficient (Wildman–Crippen LogP) is 2.64. The molecule has 0 bridgehead atoms. The summed E-state index contributed by atoms with van der Waals surface area (Å²) in [4.78, 5) is 13.5. The molecule has 0 saturated carbocycles. The first-order valence-corrected chi connectivity index (χ1v) is 10.1. The average Bonchev–Trinajstić information content (AvgIpc) is 2.66. The first-order valence-electron chi connectivity index (χ1n) is 8.59. The van der Waals surface area contributed by atoms with Gasteiger partial charge in [-0.2, -0.15) is 0 Å². The smallest absolute Gasteiger partial charge is 0.262 e. The van der Waals surface area contributed by atoms with Crippen LogP contribution >= 0.6 is 0 Å². The Morgan fingerprint density at radius 3 is 2.57 bits per heavy atom. The van der Waals surface area contributed by atoms with Crippen molar-refractivity contribution >= 4 is 27.3 Å². The molecule has 1 N–H and O–H groups in total. The molecule has 1 atom stereocenters. The van der Waals surface area contributed by atoms with Gasteiger partial charge in [-0.05, 0) is 37.3 Å². The van der Waals surface area contributed by atoms with E-state index in [2.05, 4.69) is 4.72 Å². The first kappa shape index (κ1) is 19.8. The van der Waals surface area contributed by atoms with Crippen LogP contribution in [0.4, 0.5) is 11.4 Å². The summed E-state index contributed by atoms with van der Waals surface area (Å²) in [6, 6.07) is 9.22. The highest BCUT2D eigenvalue weighted by Gasteiger charge is 2.28. The molecular formula is C19H22N2O6S. The zero-order valence-corrected chi connectivity index (χ0v) is 16.9. The number of rotatable bonds is 5. The summed E-state index contributed by atoms with van der Waals surface area (Å²) in [5, 5.41) is 0. The van der Waals surface area contributed by atoms with Gasteiger partial charge >= 0.3 is 0 Å². The second-order valence-electron chi connectivity index (χ2n) is 6.36. The van der Waals surface area contributed by atoms with E-state index in [1.54, 1.807) is 18.2 Å². The van der Waals surface area contributed by atoms with Crippen LogP contribution in [0.2, 0.25) is 0 Å². The van der Waals surface area contributed by atoms with Crippen LogP contribution in [-0.2, 0) is 14.8 Å². The summed E-state index contributed by atoms with van der Waals surface area (Å²) in [5.41, 5.74) is 0.666. The van der Waals surface area contributed by atoms with Crippen LogP contribution in [-0.4, -0.2) is 41.2 Å². The number of methoxy groups -OCH3 is 2. The van der Waals surface area contributed by atoms with Crippen LogP contribution in [0, 0.1) is 0 Å². The number of carbonyl (C=O) groups excluding carboxylic acids is 1. The molecule has 150 valence electrons. The number of hydrogen-bond donors (Lipinski definition) is 1. The third-order valence-corrected chi connectivity index (χ3v) is 5.69. The quantitative estimate of drug-likeness (QED) is 0.820. The van der Waals surface area contributed by atoms with Crippen molar-refractivity contribution in [2.75, 3.05) is 30.4 Å². The molecule has 1 heterocycles. The lowest BCUT2D eigenvalue weighted by atomic mass is 10.2. The second kappa shape index (κ2) is 7.59. The lowest BCUT2D eigenvalue weighted by molar-refractivity contribution is -0.117. The molecule has 8 nitrogen and oxygen atoms in total. The largest absolute Gasteiger partial charge is 0.497 e. The lowest BCUT2D eigenvalue weighted by Gasteiger charge is -2.33. The van der Waals surface area contributed by atoms with Crippen molar-refractivity contribution in [2.24, 2.45) is 0 Å². The molecule has 1 aliphatic heterocycles. The fourth-order valence-electron chi connectivity index (χ4n) is 2.98. The third-order valence-electron chi connectivity index (χ3n) is 4.33. The number of nitrogens with zero attached hydrogens (tertiary/aromatic N) is 1. The van der Waals surface area contributed by atoms with Crippen molar-refractivity contribution in [1.29, 1.82) is 0 Å². The number of benzene rings is 2. The highest BCUT2D eigenvalue weighted by Crippen LogP contribution is 2.37. The van der Waals surface area contributed by atoms with Crippen molar-refractivity contribution in [3.8, 4) is 17.2 Å². The first-order chi connectivity index (χ1) is 13.2. The molecule has 9 heteroatoms. The SMILES string of the molecule is COc1ccc(OC)c(NS(=O)(=O)c2ccc3c(c2)N(C(C)=O)CC(C)O3)c1. The number of amides is 1. The molecule has 28 heavy (non-hydrogen) atoms. The van der Waals surface area contributed by atoms with Crippen molar-refractivity contribution in [1.82, 2.24) is 0 Å². The maximum absolute atomic E-state index is 12.9. The lowest BCUT2D eigenvalue weighted by Crippen LogP contribution is -2.41. The van der Waals surface area contributed by atoms with Gasteiger partial charge in [-0.15, -0.1) is 0 Å². The van der Waals surface area contributed by atoms with Gasteiger partial charge in [0.2, 0.25) is 5.91 Å². The molecule has 1 aliphatic rings. The van der Waals surface area contributed by atoms with Crippen LogP contribution in [0.15, 0.2) is 41.3 Å². The average molecular weight is 406 g/mol. The van der Waals surface area contributed by atoms with E-state index >= 15 is 0 Å². The molecule has 0 spiro atoms. The molecule has 0 aliphatic carbocycles. The predicted molar refractivity (Wildman–Crippen MR) is 105 cm³/mol. The summed E-state index contributed by atoms with van der Waals surface area (Å²) in [6.07, 6.45) is -0.182. The standard InChI is InChI=1S/C19H22N2O6S/c1-12-11-21(13(2)22)17-10-15(6-8-19(17)27-12)28(23,24)20-16-9-14(25-3)5-7-18(16)26-4/h5-10,12,20H,11H2,1-4H3. The Morgan fingerprint density at radius 1 is 1.18 bits per heavy atom. The molecule has 2 aromatic rings. The highest BCUT2D eigenvalue weighted by molar-refractivity contribution is 7.92. The van der Waals surface area contributed by atoms with Gasteiger partial charge in [-0.1, -0.05) is 0 Å². The summed E-state index contributed by atoms with van der Waals surface area (Å²) in [7, 11) is -1.01. The summed E-state index contributed by atoms with van der Waals surface area (Å²) < 4.78 is 44.5. The molecule has 0 saturated heterocycles.